The number of halogens is 4. The summed E-state index contributed by atoms with van der Waals surface area (Å²) in [5.74, 6) is 0.453. The van der Waals surface area contributed by atoms with Crippen molar-refractivity contribution in [2.45, 2.75) is 6.18 Å². The van der Waals surface area contributed by atoms with Gasteiger partial charge in [0.15, 0.2) is 0 Å². The molecule has 0 aliphatic carbocycles. The molecule has 0 saturated carbocycles. The van der Waals surface area contributed by atoms with Gasteiger partial charge in [0.05, 0.1) is 16.1 Å². The van der Waals surface area contributed by atoms with Crippen molar-refractivity contribution in [3.8, 4) is 0 Å². The van der Waals surface area contributed by atoms with Crippen LogP contribution in [0.1, 0.15) is 5.56 Å². The molecule has 7 heteroatoms. The molecule has 2 heterocycles. The first kappa shape index (κ1) is 15.8. The minimum atomic E-state index is -4.54. The number of nitrogens with zero attached hydrogens (tertiary/aromatic N) is 1. The van der Waals surface area contributed by atoms with E-state index in [0.29, 0.717) is 5.82 Å². The second-order valence-electron chi connectivity index (χ2n) is 5.59. The number of hydrogen-bond donors (Lipinski definition) is 2. The fraction of sp³-hybridized carbons (Fsp3) is 0.0556. The third kappa shape index (κ3) is 2.89. The van der Waals surface area contributed by atoms with Gasteiger partial charge >= 0.3 is 6.18 Å². The van der Waals surface area contributed by atoms with Crippen LogP contribution in [0.4, 0.5) is 24.7 Å². The fourth-order valence-corrected chi connectivity index (χ4v) is 3.08. The second-order valence-corrected chi connectivity index (χ2v) is 6.00. The van der Waals surface area contributed by atoms with E-state index in [0.717, 1.165) is 16.6 Å². The predicted molar refractivity (Wildman–Crippen MR) is 93.3 cm³/mol. The Balaban J connectivity index is 1.75. The smallest absolute Gasteiger partial charge is 0.361 e. The molecule has 0 bridgehead atoms. The molecule has 4 aromatic rings. The normalized spacial score (nSPS) is 12.0. The first-order valence-corrected chi connectivity index (χ1v) is 7.80. The third-order valence-electron chi connectivity index (χ3n) is 3.93. The Morgan fingerprint density at radius 1 is 1.00 bits per heavy atom. The van der Waals surface area contributed by atoms with Crippen LogP contribution in [0.2, 0.25) is 5.02 Å². The first-order chi connectivity index (χ1) is 11.9. The molecule has 3 nitrogen and oxygen atoms in total. The Bertz CT molecular complexity index is 1090. The fourth-order valence-electron chi connectivity index (χ4n) is 2.81. The number of rotatable bonds is 2. The highest BCUT2D eigenvalue weighted by atomic mass is 35.5. The molecule has 0 unspecified atom stereocenters. The van der Waals surface area contributed by atoms with Gasteiger partial charge in [-0.1, -0.05) is 17.7 Å². The minimum Gasteiger partial charge on any atom is -0.361 e. The molecule has 0 aliphatic rings. The van der Waals surface area contributed by atoms with Crippen LogP contribution in [-0.2, 0) is 6.18 Å². The monoisotopic (exact) mass is 361 g/mol. The molecule has 0 radical (unpaired) electrons. The molecule has 126 valence electrons. The van der Waals surface area contributed by atoms with E-state index in [-0.39, 0.29) is 15.9 Å². The van der Waals surface area contributed by atoms with Gasteiger partial charge in [0.2, 0.25) is 0 Å². The summed E-state index contributed by atoms with van der Waals surface area (Å²) >= 11 is 5.74. The summed E-state index contributed by atoms with van der Waals surface area (Å²) < 4.78 is 39.6. The van der Waals surface area contributed by atoms with Crippen LogP contribution in [0.15, 0.2) is 54.7 Å². The second kappa shape index (κ2) is 5.67. The lowest BCUT2D eigenvalue weighted by Gasteiger charge is -2.13. The highest BCUT2D eigenvalue weighted by Gasteiger charge is 2.35. The van der Waals surface area contributed by atoms with E-state index in [1.165, 1.54) is 24.3 Å². The van der Waals surface area contributed by atoms with Crippen LogP contribution in [0, 0.1) is 0 Å². The Morgan fingerprint density at radius 2 is 1.84 bits per heavy atom. The van der Waals surface area contributed by atoms with Crippen LogP contribution in [0.3, 0.4) is 0 Å². The molecule has 0 spiro atoms. The van der Waals surface area contributed by atoms with Gasteiger partial charge in [0.25, 0.3) is 0 Å². The number of fused-ring (bicyclic) bond motifs is 2. The number of H-pyrrole nitrogens is 1. The molecule has 2 aromatic heterocycles. The lowest BCUT2D eigenvalue weighted by Crippen LogP contribution is -2.07. The summed E-state index contributed by atoms with van der Waals surface area (Å²) in [5.41, 5.74) is 1.10. The molecule has 2 aromatic carbocycles. The number of aromatic nitrogens is 2. The van der Waals surface area contributed by atoms with Crippen molar-refractivity contribution in [1.29, 1.82) is 0 Å². The van der Waals surface area contributed by atoms with Gasteiger partial charge < -0.3 is 10.3 Å². The van der Waals surface area contributed by atoms with Gasteiger partial charge in [-0.15, -0.1) is 0 Å². The number of nitrogens with one attached hydrogen (secondary N) is 2. The molecular formula is C18H11ClF3N3. The largest absolute Gasteiger partial charge is 0.418 e. The lowest BCUT2D eigenvalue weighted by molar-refractivity contribution is -0.136. The number of alkyl halides is 3. The van der Waals surface area contributed by atoms with E-state index in [9.17, 15) is 13.2 Å². The Labute approximate surface area is 145 Å². The van der Waals surface area contributed by atoms with E-state index in [1.54, 1.807) is 0 Å². The van der Waals surface area contributed by atoms with Crippen molar-refractivity contribution in [2.24, 2.45) is 0 Å². The molecule has 0 saturated heterocycles. The van der Waals surface area contributed by atoms with Gasteiger partial charge in [-0.05, 0) is 47.9 Å². The van der Waals surface area contributed by atoms with Crippen LogP contribution in [0.25, 0.3) is 21.8 Å². The highest BCUT2D eigenvalue weighted by Crippen LogP contribution is 2.39. The summed E-state index contributed by atoms with van der Waals surface area (Å²) in [5, 5.41) is 3.82. The van der Waals surface area contributed by atoms with Crippen molar-refractivity contribution >= 4 is 44.9 Å². The van der Waals surface area contributed by atoms with Gasteiger partial charge in [-0.3, -0.25) is 0 Å². The quantitative estimate of drug-likeness (QED) is 0.450. The molecule has 0 amide bonds. The number of aromatic amines is 1. The first-order valence-electron chi connectivity index (χ1n) is 7.42. The number of pyridine rings is 1. The van der Waals surface area contributed by atoms with Crippen LogP contribution >= 0.6 is 11.6 Å². The SMILES string of the molecule is FC(F)(F)c1c(Cl)ccc2nc(Nc3ccc4cc[nH]c4c3)ccc12. The summed E-state index contributed by atoms with van der Waals surface area (Å²) in [4.78, 5) is 7.38. The highest BCUT2D eigenvalue weighted by molar-refractivity contribution is 6.32. The van der Waals surface area contributed by atoms with E-state index >= 15 is 0 Å². The number of anilines is 2. The number of benzene rings is 2. The van der Waals surface area contributed by atoms with E-state index in [2.05, 4.69) is 15.3 Å². The van der Waals surface area contributed by atoms with Gasteiger partial charge in [0.1, 0.15) is 5.82 Å². The zero-order valence-electron chi connectivity index (χ0n) is 12.7. The summed E-state index contributed by atoms with van der Waals surface area (Å²) in [7, 11) is 0. The summed E-state index contributed by atoms with van der Waals surface area (Å²) in [6.45, 7) is 0. The van der Waals surface area contributed by atoms with E-state index in [4.69, 9.17) is 11.6 Å². The summed E-state index contributed by atoms with van der Waals surface area (Å²) in [6.07, 6.45) is -2.70. The van der Waals surface area contributed by atoms with Crippen molar-refractivity contribution in [3.63, 3.8) is 0 Å². The van der Waals surface area contributed by atoms with E-state index in [1.807, 2.05) is 30.5 Å². The minimum absolute atomic E-state index is 0.0228. The molecule has 0 fully saturated rings. The maximum Gasteiger partial charge on any atom is 0.418 e. The van der Waals surface area contributed by atoms with Crippen LogP contribution in [-0.4, -0.2) is 9.97 Å². The standard InChI is InChI=1S/C18H11ClF3N3/c19-13-4-5-14-12(17(13)18(20,21)22)3-6-16(25-14)24-11-2-1-10-7-8-23-15(10)9-11/h1-9,23H,(H,24,25). The summed E-state index contributed by atoms with van der Waals surface area (Å²) in [6, 6.07) is 13.3. The molecular weight excluding hydrogens is 351 g/mol. The maximum absolute atomic E-state index is 13.2. The third-order valence-corrected chi connectivity index (χ3v) is 4.25. The van der Waals surface area contributed by atoms with Gasteiger partial charge in [0, 0.05) is 22.8 Å². The van der Waals surface area contributed by atoms with Crippen molar-refractivity contribution in [1.82, 2.24) is 9.97 Å². The molecule has 0 aliphatic heterocycles. The average Bonchev–Trinajstić information content (AvgIpc) is 3.01. The topological polar surface area (TPSA) is 40.7 Å². The lowest BCUT2D eigenvalue weighted by atomic mass is 10.1. The molecule has 25 heavy (non-hydrogen) atoms. The zero-order chi connectivity index (χ0) is 17.6. The van der Waals surface area contributed by atoms with Crippen molar-refractivity contribution in [2.75, 3.05) is 5.32 Å². The average molecular weight is 362 g/mol. The number of hydrogen-bond acceptors (Lipinski definition) is 2. The van der Waals surface area contributed by atoms with Crippen LogP contribution in [0.5, 0.6) is 0 Å². The molecule has 4 rings (SSSR count). The van der Waals surface area contributed by atoms with Crippen molar-refractivity contribution in [3.05, 3.63) is 65.3 Å². The Morgan fingerprint density at radius 3 is 2.64 bits per heavy atom. The van der Waals surface area contributed by atoms with Crippen LogP contribution < -0.4 is 5.32 Å². The molecule has 2 N–H and O–H groups in total. The van der Waals surface area contributed by atoms with Gasteiger partial charge in [-0.2, -0.15) is 13.2 Å². The van der Waals surface area contributed by atoms with Gasteiger partial charge in [-0.25, -0.2) is 4.98 Å². The maximum atomic E-state index is 13.2. The van der Waals surface area contributed by atoms with Crippen molar-refractivity contribution < 1.29 is 13.2 Å². The van der Waals surface area contributed by atoms with E-state index < -0.39 is 11.7 Å². The molecule has 0 atom stereocenters. The zero-order valence-corrected chi connectivity index (χ0v) is 13.4. The predicted octanol–water partition coefficient (Wildman–Crippen LogP) is 6.13. The Kier molecular flexibility index (Phi) is 3.58. The Hall–Kier alpha value is -2.73.